The minimum Gasteiger partial charge on any atom is -0.478 e. The molecule has 0 fully saturated rings. The summed E-state index contributed by atoms with van der Waals surface area (Å²) in [4.78, 5) is 35.4. The van der Waals surface area contributed by atoms with Crippen LogP contribution in [0.5, 0.6) is 0 Å². The summed E-state index contributed by atoms with van der Waals surface area (Å²) >= 11 is 2.01. The van der Waals surface area contributed by atoms with Crippen LogP contribution < -0.4 is 10.6 Å². The van der Waals surface area contributed by atoms with E-state index in [0.717, 1.165) is 22.3 Å². The third-order valence-corrected chi connectivity index (χ3v) is 6.39. The number of carboxylic acids is 1. The van der Waals surface area contributed by atoms with E-state index in [1.165, 1.54) is 24.3 Å². The van der Waals surface area contributed by atoms with Gasteiger partial charge in [0.1, 0.15) is 6.61 Å². The molecular formula is C26H21IN2O5. The molecule has 0 aliphatic heterocycles. The molecule has 1 aliphatic carbocycles. The Morgan fingerprint density at radius 1 is 0.971 bits per heavy atom. The Morgan fingerprint density at radius 2 is 1.62 bits per heavy atom. The van der Waals surface area contributed by atoms with Crippen LogP contribution in [0.2, 0.25) is 0 Å². The van der Waals surface area contributed by atoms with E-state index in [0.29, 0.717) is 9.26 Å². The number of carbonyl (C=O) groups excluding carboxylic acids is 2. The van der Waals surface area contributed by atoms with Crippen LogP contribution in [-0.2, 0) is 9.53 Å². The molecule has 3 N–H and O–H groups in total. The molecule has 34 heavy (non-hydrogen) atoms. The molecule has 0 spiro atoms. The fraction of sp³-hybridized carbons (Fsp3) is 0.115. The molecule has 0 heterocycles. The molecule has 0 aromatic heterocycles. The van der Waals surface area contributed by atoms with Crippen LogP contribution in [0.1, 0.15) is 27.4 Å². The molecule has 172 valence electrons. The maximum absolute atomic E-state index is 12.2. The van der Waals surface area contributed by atoms with Gasteiger partial charge in [-0.25, -0.2) is 9.59 Å². The van der Waals surface area contributed by atoms with Gasteiger partial charge in [0.05, 0.1) is 11.3 Å². The molecule has 3 aromatic rings. The first kappa shape index (κ1) is 23.5. The maximum Gasteiger partial charge on any atom is 0.407 e. The van der Waals surface area contributed by atoms with E-state index >= 15 is 0 Å². The molecule has 0 radical (unpaired) electrons. The van der Waals surface area contributed by atoms with E-state index in [1.807, 2.05) is 46.9 Å². The average molecular weight is 568 g/mol. The van der Waals surface area contributed by atoms with Crippen molar-refractivity contribution < 1.29 is 24.2 Å². The van der Waals surface area contributed by atoms with Crippen LogP contribution in [0.3, 0.4) is 0 Å². The third kappa shape index (κ3) is 5.28. The second-order valence-electron chi connectivity index (χ2n) is 7.60. The zero-order valence-corrected chi connectivity index (χ0v) is 20.1. The molecule has 0 atom stereocenters. The molecule has 4 rings (SSSR count). The van der Waals surface area contributed by atoms with Crippen molar-refractivity contribution in [3.63, 3.8) is 0 Å². The zero-order valence-electron chi connectivity index (χ0n) is 18.0. The van der Waals surface area contributed by atoms with Gasteiger partial charge in [-0.3, -0.25) is 4.79 Å². The topological polar surface area (TPSA) is 105 Å². The number of hydrogen-bond acceptors (Lipinski definition) is 4. The first-order chi connectivity index (χ1) is 16.4. The molecule has 1 aliphatic rings. The van der Waals surface area contributed by atoms with Crippen molar-refractivity contribution in [3.8, 4) is 11.1 Å². The van der Waals surface area contributed by atoms with Crippen molar-refractivity contribution in [1.82, 2.24) is 5.32 Å². The van der Waals surface area contributed by atoms with E-state index < -0.39 is 18.0 Å². The maximum atomic E-state index is 12.2. The predicted molar refractivity (Wildman–Crippen MR) is 137 cm³/mol. The number of ether oxygens (including phenoxy) is 1. The van der Waals surface area contributed by atoms with Gasteiger partial charge in [-0.15, -0.1) is 0 Å². The molecule has 0 saturated heterocycles. The summed E-state index contributed by atoms with van der Waals surface area (Å²) in [6.07, 6.45) is 2.19. The van der Waals surface area contributed by atoms with E-state index in [-0.39, 0.29) is 24.6 Å². The minimum absolute atomic E-state index is 0.0245. The Kier molecular flexibility index (Phi) is 7.27. The highest BCUT2D eigenvalue weighted by Gasteiger charge is 2.28. The molecular weight excluding hydrogens is 547 g/mol. The van der Waals surface area contributed by atoms with Gasteiger partial charge in [-0.05, 0) is 63.0 Å². The lowest BCUT2D eigenvalue weighted by molar-refractivity contribution is -0.111. The minimum atomic E-state index is -1.07. The van der Waals surface area contributed by atoms with Gasteiger partial charge in [-0.1, -0.05) is 54.6 Å². The Hall–Kier alpha value is -3.66. The molecule has 0 bridgehead atoms. The Balaban J connectivity index is 1.27. The standard InChI is InChI=1S/C26H21IN2O5/c27-22-12-11-16(25(31)32)14-23(22)29-24(30)10-5-13-28-26(33)34-15-21-19-8-3-1-6-17(19)18-7-2-4-9-20(18)21/h1-12,14,21H,13,15H2,(H,28,33)(H,29,30)(H,31,32)/b10-5+. The number of amides is 2. The van der Waals surface area contributed by atoms with Gasteiger partial charge in [0.2, 0.25) is 5.91 Å². The summed E-state index contributed by atoms with van der Waals surface area (Å²) in [7, 11) is 0. The number of rotatable bonds is 7. The Bertz CT molecular complexity index is 1240. The zero-order chi connectivity index (χ0) is 24.1. The summed E-state index contributed by atoms with van der Waals surface area (Å²) in [5.41, 5.74) is 5.06. The SMILES string of the molecule is O=C(/C=C/CNC(=O)OCC1c2ccccc2-c2ccccc21)Nc1cc(C(=O)O)ccc1I. The van der Waals surface area contributed by atoms with Gasteiger partial charge in [0.25, 0.3) is 0 Å². The number of alkyl carbamates (subject to hydrolysis) is 1. The van der Waals surface area contributed by atoms with Crippen LogP contribution >= 0.6 is 22.6 Å². The van der Waals surface area contributed by atoms with Crippen LogP contribution in [0.4, 0.5) is 10.5 Å². The number of hydrogen-bond donors (Lipinski definition) is 3. The van der Waals surface area contributed by atoms with Crippen LogP contribution in [0.25, 0.3) is 11.1 Å². The number of anilines is 1. The lowest BCUT2D eigenvalue weighted by Crippen LogP contribution is -2.26. The van der Waals surface area contributed by atoms with Gasteiger partial charge in [-0.2, -0.15) is 0 Å². The average Bonchev–Trinajstić information content (AvgIpc) is 3.15. The Labute approximate surface area is 210 Å². The molecule has 2 amide bonds. The van der Waals surface area contributed by atoms with E-state index in [9.17, 15) is 14.4 Å². The number of nitrogens with one attached hydrogen (secondary N) is 2. The van der Waals surface area contributed by atoms with Crippen molar-refractivity contribution in [1.29, 1.82) is 0 Å². The second-order valence-corrected chi connectivity index (χ2v) is 8.76. The summed E-state index contributed by atoms with van der Waals surface area (Å²) < 4.78 is 6.16. The molecule has 0 unspecified atom stereocenters. The largest absolute Gasteiger partial charge is 0.478 e. The van der Waals surface area contributed by atoms with Crippen molar-refractivity contribution in [2.75, 3.05) is 18.5 Å². The second kappa shape index (κ2) is 10.5. The normalized spacial score (nSPS) is 12.1. The van der Waals surface area contributed by atoms with Crippen molar-refractivity contribution in [2.24, 2.45) is 0 Å². The van der Waals surface area contributed by atoms with Crippen molar-refractivity contribution in [2.45, 2.75) is 5.92 Å². The summed E-state index contributed by atoms with van der Waals surface area (Å²) in [5, 5.41) is 14.3. The first-order valence-corrected chi connectivity index (χ1v) is 11.6. The lowest BCUT2D eigenvalue weighted by Gasteiger charge is -2.14. The molecule has 7 nitrogen and oxygen atoms in total. The van der Waals surface area contributed by atoms with Gasteiger partial charge >= 0.3 is 12.1 Å². The van der Waals surface area contributed by atoms with Crippen LogP contribution in [0, 0.1) is 3.57 Å². The Morgan fingerprint density at radius 3 is 2.26 bits per heavy atom. The van der Waals surface area contributed by atoms with Gasteiger partial charge in [0.15, 0.2) is 0 Å². The monoisotopic (exact) mass is 568 g/mol. The number of aromatic carboxylic acids is 1. The number of carbonyl (C=O) groups is 3. The lowest BCUT2D eigenvalue weighted by atomic mass is 9.98. The highest BCUT2D eigenvalue weighted by atomic mass is 127. The van der Waals surface area contributed by atoms with Gasteiger partial charge in [0, 0.05) is 22.1 Å². The summed E-state index contributed by atoms with van der Waals surface area (Å²) in [5.74, 6) is -1.53. The quantitative estimate of drug-likeness (QED) is 0.274. The van der Waals surface area contributed by atoms with Crippen LogP contribution in [-0.4, -0.2) is 36.2 Å². The fourth-order valence-electron chi connectivity index (χ4n) is 3.89. The van der Waals surface area contributed by atoms with Crippen molar-refractivity contribution in [3.05, 3.63) is 99.1 Å². The first-order valence-electron chi connectivity index (χ1n) is 10.5. The highest BCUT2D eigenvalue weighted by molar-refractivity contribution is 14.1. The number of carboxylic acid groups (broad SMARTS) is 1. The van der Waals surface area contributed by atoms with Crippen molar-refractivity contribution >= 4 is 46.2 Å². The van der Waals surface area contributed by atoms with Gasteiger partial charge < -0.3 is 20.5 Å². The number of fused-ring (bicyclic) bond motifs is 3. The molecule has 0 saturated carbocycles. The van der Waals surface area contributed by atoms with E-state index in [4.69, 9.17) is 9.84 Å². The number of halogens is 1. The van der Waals surface area contributed by atoms with E-state index in [1.54, 1.807) is 6.07 Å². The molecule has 3 aromatic carbocycles. The predicted octanol–water partition coefficient (Wildman–Crippen LogP) is 5.02. The fourth-order valence-corrected chi connectivity index (χ4v) is 4.36. The summed E-state index contributed by atoms with van der Waals surface area (Å²) in [6, 6.07) is 20.7. The third-order valence-electron chi connectivity index (χ3n) is 5.45. The van der Waals surface area contributed by atoms with E-state index in [2.05, 4.69) is 34.9 Å². The van der Waals surface area contributed by atoms with Crippen LogP contribution in [0.15, 0.2) is 78.9 Å². The highest BCUT2D eigenvalue weighted by Crippen LogP contribution is 2.44. The number of benzene rings is 3. The molecule has 8 heteroatoms. The summed E-state index contributed by atoms with van der Waals surface area (Å²) in [6.45, 7) is 0.318. The smallest absolute Gasteiger partial charge is 0.407 e.